The average molecular weight is 427 g/mol. The monoisotopic (exact) mass is 426 g/mol. The fourth-order valence-electron chi connectivity index (χ4n) is 3.16. The number of aryl methyl sites for hydroxylation is 2. The van der Waals surface area contributed by atoms with E-state index in [0.717, 1.165) is 27.4 Å². The van der Waals surface area contributed by atoms with Crippen LogP contribution in [0.5, 0.6) is 0 Å². The zero-order valence-electron chi connectivity index (χ0n) is 17.0. The van der Waals surface area contributed by atoms with Crippen LogP contribution < -0.4 is 9.62 Å². The highest BCUT2D eigenvalue weighted by Gasteiger charge is 2.20. The van der Waals surface area contributed by atoms with Crippen LogP contribution in [0, 0.1) is 19.7 Å². The molecule has 0 aromatic heterocycles. The standard InChI is InChI=1S/C23H23FN2O3S/c1-16-7-6-8-17(2)22(16)25-23(27)18-11-13-20(14-12-18)26(30(3,28)29)15-19-9-4-5-10-21(19)24/h4-14H,15H2,1-3H3,(H,25,27). The highest BCUT2D eigenvalue weighted by atomic mass is 32.2. The molecule has 0 aliphatic rings. The number of para-hydroxylation sites is 1. The van der Waals surface area contributed by atoms with Gasteiger partial charge in [0.05, 0.1) is 18.5 Å². The number of rotatable bonds is 6. The summed E-state index contributed by atoms with van der Waals surface area (Å²) in [7, 11) is -3.66. The Kier molecular flexibility index (Phi) is 6.22. The van der Waals surface area contributed by atoms with Gasteiger partial charge in [-0.05, 0) is 55.3 Å². The third-order valence-corrected chi connectivity index (χ3v) is 5.95. The van der Waals surface area contributed by atoms with Gasteiger partial charge in [0.15, 0.2) is 0 Å². The zero-order chi connectivity index (χ0) is 21.9. The van der Waals surface area contributed by atoms with Crippen molar-refractivity contribution in [3.05, 3.63) is 94.8 Å². The van der Waals surface area contributed by atoms with E-state index >= 15 is 0 Å². The van der Waals surface area contributed by atoms with Gasteiger partial charge in [0.1, 0.15) is 5.82 Å². The maximum Gasteiger partial charge on any atom is 0.255 e. The summed E-state index contributed by atoms with van der Waals surface area (Å²) >= 11 is 0. The summed E-state index contributed by atoms with van der Waals surface area (Å²) in [4.78, 5) is 12.6. The number of benzene rings is 3. The Morgan fingerprint density at radius 3 is 2.10 bits per heavy atom. The Labute approximate surface area is 176 Å². The van der Waals surface area contributed by atoms with Gasteiger partial charge >= 0.3 is 0 Å². The van der Waals surface area contributed by atoms with E-state index in [1.807, 2.05) is 32.0 Å². The molecule has 0 aliphatic heterocycles. The molecule has 0 atom stereocenters. The highest BCUT2D eigenvalue weighted by molar-refractivity contribution is 7.92. The fourth-order valence-corrected chi connectivity index (χ4v) is 4.04. The minimum absolute atomic E-state index is 0.139. The van der Waals surface area contributed by atoms with E-state index in [2.05, 4.69) is 5.32 Å². The molecule has 0 saturated heterocycles. The molecule has 0 fully saturated rings. The van der Waals surface area contributed by atoms with Crippen molar-refractivity contribution in [1.29, 1.82) is 0 Å². The van der Waals surface area contributed by atoms with Crippen molar-refractivity contribution in [3.8, 4) is 0 Å². The molecular formula is C23H23FN2O3S. The van der Waals surface area contributed by atoms with Gasteiger partial charge in [-0.2, -0.15) is 0 Å². The number of carbonyl (C=O) groups excluding carboxylic acids is 1. The average Bonchev–Trinajstić information content (AvgIpc) is 2.69. The molecule has 5 nitrogen and oxygen atoms in total. The summed E-state index contributed by atoms with van der Waals surface area (Å²) in [5.41, 5.74) is 3.66. The number of hydrogen-bond donors (Lipinski definition) is 1. The number of carbonyl (C=O) groups is 1. The number of nitrogens with one attached hydrogen (secondary N) is 1. The molecule has 156 valence electrons. The van der Waals surface area contributed by atoms with Crippen LogP contribution in [0.1, 0.15) is 27.0 Å². The van der Waals surface area contributed by atoms with Crippen LogP contribution in [0.15, 0.2) is 66.7 Å². The van der Waals surface area contributed by atoms with Gasteiger partial charge in [-0.3, -0.25) is 9.10 Å². The van der Waals surface area contributed by atoms with Crippen molar-refractivity contribution in [3.63, 3.8) is 0 Å². The smallest absolute Gasteiger partial charge is 0.255 e. The second-order valence-corrected chi connectivity index (χ2v) is 9.04. The second kappa shape index (κ2) is 8.67. The van der Waals surface area contributed by atoms with E-state index in [-0.39, 0.29) is 18.0 Å². The van der Waals surface area contributed by atoms with E-state index in [4.69, 9.17) is 0 Å². The normalized spacial score (nSPS) is 11.2. The van der Waals surface area contributed by atoms with Crippen molar-refractivity contribution >= 4 is 27.3 Å². The van der Waals surface area contributed by atoms with Crippen LogP contribution in [0.3, 0.4) is 0 Å². The maximum atomic E-state index is 14.0. The van der Waals surface area contributed by atoms with E-state index in [1.165, 1.54) is 6.07 Å². The molecule has 0 unspecified atom stereocenters. The second-order valence-electron chi connectivity index (χ2n) is 7.13. The Bertz CT molecular complexity index is 1160. The van der Waals surface area contributed by atoms with Gasteiger partial charge in [0.2, 0.25) is 10.0 Å². The van der Waals surface area contributed by atoms with Crippen molar-refractivity contribution in [2.24, 2.45) is 0 Å². The number of nitrogens with zero attached hydrogens (tertiary/aromatic N) is 1. The van der Waals surface area contributed by atoms with Gasteiger partial charge < -0.3 is 5.32 Å². The van der Waals surface area contributed by atoms with Gasteiger partial charge in [0, 0.05) is 16.8 Å². The lowest BCUT2D eigenvalue weighted by atomic mass is 10.1. The largest absolute Gasteiger partial charge is 0.322 e. The first kappa shape index (κ1) is 21.5. The summed E-state index contributed by atoms with van der Waals surface area (Å²) in [6.45, 7) is 3.69. The summed E-state index contributed by atoms with van der Waals surface area (Å²) in [5.74, 6) is -0.769. The van der Waals surface area contributed by atoms with Crippen LogP contribution in [0.4, 0.5) is 15.8 Å². The number of amides is 1. The first-order chi connectivity index (χ1) is 14.2. The molecule has 30 heavy (non-hydrogen) atoms. The first-order valence-electron chi connectivity index (χ1n) is 9.35. The molecule has 0 bridgehead atoms. The van der Waals surface area contributed by atoms with Crippen LogP contribution >= 0.6 is 0 Å². The summed E-state index contributed by atoms with van der Waals surface area (Å²) < 4.78 is 39.7. The zero-order valence-corrected chi connectivity index (χ0v) is 17.8. The number of hydrogen-bond acceptors (Lipinski definition) is 3. The number of halogens is 1. The molecule has 0 heterocycles. The minimum Gasteiger partial charge on any atom is -0.322 e. The molecule has 3 aromatic rings. The third kappa shape index (κ3) is 4.86. The predicted octanol–water partition coefficient (Wildman–Crippen LogP) is 4.66. The van der Waals surface area contributed by atoms with Crippen molar-refractivity contribution in [2.75, 3.05) is 15.9 Å². The molecule has 0 aliphatic carbocycles. The van der Waals surface area contributed by atoms with Crippen LogP contribution in [-0.2, 0) is 16.6 Å². The van der Waals surface area contributed by atoms with Crippen molar-refractivity contribution in [2.45, 2.75) is 20.4 Å². The Morgan fingerprint density at radius 1 is 0.933 bits per heavy atom. The Hall–Kier alpha value is -3.19. The topological polar surface area (TPSA) is 66.5 Å². The van der Waals surface area contributed by atoms with Gasteiger partial charge in [-0.25, -0.2) is 12.8 Å². The lowest BCUT2D eigenvalue weighted by molar-refractivity contribution is 0.102. The number of sulfonamides is 1. The summed E-state index contributed by atoms with van der Waals surface area (Å²) in [5, 5.41) is 2.90. The van der Waals surface area contributed by atoms with Gasteiger partial charge in [-0.15, -0.1) is 0 Å². The minimum atomic E-state index is -3.66. The summed E-state index contributed by atoms with van der Waals surface area (Å²) in [6, 6.07) is 18.0. The Morgan fingerprint density at radius 2 is 1.53 bits per heavy atom. The SMILES string of the molecule is Cc1cccc(C)c1NC(=O)c1ccc(N(Cc2ccccc2F)S(C)(=O)=O)cc1. The lowest BCUT2D eigenvalue weighted by Gasteiger charge is -2.23. The molecule has 1 N–H and O–H groups in total. The van der Waals surface area contributed by atoms with E-state index in [1.54, 1.807) is 42.5 Å². The molecule has 0 radical (unpaired) electrons. The molecule has 7 heteroatoms. The quantitative estimate of drug-likeness (QED) is 0.623. The third-order valence-electron chi connectivity index (χ3n) is 4.81. The molecule has 0 saturated carbocycles. The lowest BCUT2D eigenvalue weighted by Crippen LogP contribution is -2.29. The Balaban J connectivity index is 1.85. The molecule has 3 rings (SSSR count). The van der Waals surface area contributed by atoms with E-state index < -0.39 is 15.8 Å². The molecular weight excluding hydrogens is 403 g/mol. The van der Waals surface area contributed by atoms with Crippen molar-refractivity contribution in [1.82, 2.24) is 0 Å². The number of anilines is 2. The summed E-state index contributed by atoms with van der Waals surface area (Å²) in [6.07, 6.45) is 1.06. The fraction of sp³-hybridized carbons (Fsp3) is 0.174. The molecule has 3 aromatic carbocycles. The molecule has 0 spiro atoms. The van der Waals surface area contributed by atoms with Gasteiger partial charge in [0.25, 0.3) is 5.91 Å². The van der Waals surface area contributed by atoms with Gasteiger partial charge in [-0.1, -0.05) is 36.4 Å². The van der Waals surface area contributed by atoms with Crippen LogP contribution in [0.25, 0.3) is 0 Å². The highest BCUT2D eigenvalue weighted by Crippen LogP contribution is 2.24. The first-order valence-corrected chi connectivity index (χ1v) is 11.2. The molecule has 1 amide bonds. The maximum absolute atomic E-state index is 14.0. The van der Waals surface area contributed by atoms with Crippen LogP contribution in [0.2, 0.25) is 0 Å². The van der Waals surface area contributed by atoms with E-state index in [0.29, 0.717) is 11.3 Å². The van der Waals surface area contributed by atoms with Crippen LogP contribution in [-0.4, -0.2) is 20.6 Å². The van der Waals surface area contributed by atoms with Crippen molar-refractivity contribution < 1.29 is 17.6 Å². The van der Waals surface area contributed by atoms with E-state index in [9.17, 15) is 17.6 Å². The predicted molar refractivity (Wildman–Crippen MR) is 118 cm³/mol.